The molecule has 0 bridgehead atoms. The number of aryl methyl sites for hydroxylation is 2. The van der Waals surface area contributed by atoms with Gasteiger partial charge in [-0.1, -0.05) is 0 Å². The van der Waals surface area contributed by atoms with Gasteiger partial charge in [-0.25, -0.2) is 8.42 Å². The van der Waals surface area contributed by atoms with E-state index in [-0.39, 0.29) is 55.4 Å². The van der Waals surface area contributed by atoms with Crippen LogP contribution in [-0.2, 0) is 19.6 Å². The topological polar surface area (TPSA) is 82.6 Å². The van der Waals surface area contributed by atoms with E-state index in [2.05, 4.69) is 30.9 Å². The van der Waals surface area contributed by atoms with Gasteiger partial charge in [0, 0.05) is 46.3 Å². The standard InChI is InChI=1S/C26H46N4O5S.2ClH/c1-20-15-24(34-8)16-21(2)26(20)36(32,33)30(7)13-14-35-19-25(31)29(6)18-22-9-10-23(17-22)28(5)12-11-27(3)4;;/h15-16,22-23H,9-14,17-19H2,1-8H3;2*1H/t22-,23?;;/m0../s1. The molecule has 1 aliphatic rings. The first-order chi connectivity index (χ1) is 16.9. The first-order valence-electron chi connectivity index (χ1n) is 12.6. The van der Waals surface area contributed by atoms with Crippen molar-refractivity contribution in [2.24, 2.45) is 5.92 Å². The molecule has 0 spiro atoms. The molecule has 2 atom stereocenters. The molecule has 1 aromatic rings. The third kappa shape index (κ3) is 10.4. The second kappa shape index (κ2) is 16.8. The minimum atomic E-state index is -3.68. The maximum absolute atomic E-state index is 13.1. The molecule has 1 aromatic carbocycles. The van der Waals surface area contributed by atoms with Gasteiger partial charge in [0.05, 0.1) is 18.6 Å². The van der Waals surface area contributed by atoms with Crippen LogP contribution < -0.4 is 4.74 Å². The lowest BCUT2D eigenvalue weighted by molar-refractivity contribution is -0.135. The zero-order valence-electron chi connectivity index (χ0n) is 24.2. The summed E-state index contributed by atoms with van der Waals surface area (Å²) in [6.07, 6.45) is 3.40. The minimum Gasteiger partial charge on any atom is -0.497 e. The first-order valence-corrected chi connectivity index (χ1v) is 14.1. The van der Waals surface area contributed by atoms with Gasteiger partial charge in [0.15, 0.2) is 0 Å². The predicted octanol–water partition coefficient (Wildman–Crippen LogP) is 2.91. The summed E-state index contributed by atoms with van der Waals surface area (Å²) in [6, 6.07) is 4.01. The minimum absolute atomic E-state index is 0. The van der Waals surface area contributed by atoms with Crippen molar-refractivity contribution >= 4 is 40.7 Å². The zero-order valence-corrected chi connectivity index (χ0v) is 26.7. The lowest BCUT2D eigenvalue weighted by Gasteiger charge is -2.26. The lowest BCUT2D eigenvalue weighted by Crippen LogP contribution is -2.37. The molecule has 12 heteroatoms. The highest BCUT2D eigenvalue weighted by Crippen LogP contribution is 2.29. The zero-order chi connectivity index (χ0) is 27.0. The molecule has 1 aliphatic carbocycles. The van der Waals surface area contributed by atoms with Crippen molar-refractivity contribution in [1.82, 2.24) is 19.0 Å². The summed E-state index contributed by atoms with van der Waals surface area (Å²) in [5.41, 5.74) is 1.27. The average molecular weight is 600 g/mol. The highest BCUT2D eigenvalue weighted by Gasteiger charge is 2.29. The number of likely N-dealkylation sites (N-methyl/N-ethyl adjacent to an activating group) is 4. The van der Waals surface area contributed by atoms with E-state index >= 15 is 0 Å². The van der Waals surface area contributed by atoms with Crippen molar-refractivity contribution < 1.29 is 22.7 Å². The number of ether oxygens (including phenoxy) is 2. The summed E-state index contributed by atoms with van der Waals surface area (Å²) >= 11 is 0. The lowest BCUT2D eigenvalue weighted by atomic mass is 10.1. The van der Waals surface area contributed by atoms with E-state index < -0.39 is 10.0 Å². The van der Waals surface area contributed by atoms with Crippen LogP contribution >= 0.6 is 24.8 Å². The number of carbonyl (C=O) groups excluding carboxylic acids is 1. The number of methoxy groups -OCH3 is 1. The van der Waals surface area contributed by atoms with Crippen molar-refractivity contribution in [3.63, 3.8) is 0 Å². The Morgan fingerprint density at radius 2 is 1.58 bits per heavy atom. The number of hydrogen-bond donors (Lipinski definition) is 0. The number of amides is 1. The van der Waals surface area contributed by atoms with Crippen molar-refractivity contribution in [1.29, 1.82) is 0 Å². The molecule has 0 heterocycles. The monoisotopic (exact) mass is 598 g/mol. The van der Waals surface area contributed by atoms with E-state index in [1.54, 1.807) is 38.0 Å². The fourth-order valence-electron chi connectivity index (χ4n) is 4.82. The molecule has 2 rings (SSSR count). The van der Waals surface area contributed by atoms with Crippen LogP contribution in [-0.4, -0.2) is 121 Å². The van der Waals surface area contributed by atoms with E-state index in [4.69, 9.17) is 9.47 Å². The molecule has 1 unspecified atom stereocenters. The summed E-state index contributed by atoms with van der Waals surface area (Å²) in [7, 11) is 7.59. The van der Waals surface area contributed by atoms with E-state index in [0.717, 1.165) is 32.5 Å². The Labute approximate surface area is 242 Å². The van der Waals surface area contributed by atoms with Crippen LogP contribution in [0.25, 0.3) is 0 Å². The van der Waals surface area contributed by atoms with Gasteiger partial charge in [-0.15, -0.1) is 24.8 Å². The average Bonchev–Trinajstić information content (AvgIpc) is 3.27. The Morgan fingerprint density at radius 3 is 2.13 bits per heavy atom. The van der Waals surface area contributed by atoms with Gasteiger partial charge in [0.2, 0.25) is 15.9 Å². The van der Waals surface area contributed by atoms with E-state index in [9.17, 15) is 13.2 Å². The number of rotatable bonds is 14. The summed E-state index contributed by atoms with van der Waals surface area (Å²) in [6.45, 7) is 6.59. The van der Waals surface area contributed by atoms with Crippen LogP contribution in [0, 0.1) is 19.8 Å². The number of nitrogens with zero attached hydrogens (tertiary/aromatic N) is 4. The fourth-order valence-corrected chi connectivity index (χ4v) is 6.38. The van der Waals surface area contributed by atoms with Gasteiger partial charge < -0.3 is 24.2 Å². The second-order valence-corrected chi connectivity index (χ2v) is 12.3. The molecule has 0 radical (unpaired) electrons. The van der Waals surface area contributed by atoms with Crippen molar-refractivity contribution in [2.45, 2.75) is 44.0 Å². The SMILES string of the molecule is COc1cc(C)c(S(=O)(=O)N(C)CCOCC(=O)N(C)C[C@H]2CCC(N(C)CCN(C)C)C2)c(C)c1.Cl.Cl. The van der Waals surface area contributed by atoms with Gasteiger partial charge in [0.25, 0.3) is 0 Å². The highest BCUT2D eigenvalue weighted by molar-refractivity contribution is 7.89. The Morgan fingerprint density at radius 1 is 0.974 bits per heavy atom. The molecule has 0 N–H and O–H groups in total. The van der Waals surface area contributed by atoms with Crippen LogP contribution in [0.3, 0.4) is 0 Å². The van der Waals surface area contributed by atoms with E-state index in [1.165, 1.54) is 17.8 Å². The Bertz CT molecular complexity index is 957. The number of benzene rings is 1. The Balaban J connectivity index is 0.00000684. The van der Waals surface area contributed by atoms with Crippen LogP contribution in [0.5, 0.6) is 5.75 Å². The van der Waals surface area contributed by atoms with Gasteiger partial charge in [-0.05, 0) is 83.4 Å². The molecular formula is C26H48Cl2N4O5S. The predicted molar refractivity (Wildman–Crippen MR) is 158 cm³/mol. The highest BCUT2D eigenvalue weighted by atomic mass is 35.5. The largest absolute Gasteiger partial charge is 0.497 e. The molecule has 0 aliphatic heterocycles. The van der Waals surface area contributed by atoms with Crippen LogP contribution in [0.15, 0.2) is 17.0 Å². The second-order valence-electron chi connectivity index (χ2n) is 10.4. The smallest absolute Gasteiger partial charge is 0.248 e. The molecule has 222 valence electrons. The van der Waals surface area contributed by atoms with Gasteiger partial charge in [0.1, 0.15) is 12.4 Å². The van der Waals surface area contributed by atoms with E-state index in [1.807, 2.05) is 7.05 Å². The number of hydrogen-bond acceptors (Lipinski definition) is 7. The molecule has 1 amide bonds. The summed E-state index contributed by atoms with van der Waals surface area (Å²) < 4.78 is 38.3. The number of carbonyl (C=O) groups is 1. The van der Waals surface area contributed by atoms with Gasteiger partial charge in [-0.3, -0.25) is 4.79 Å². The molecule has 1 saturated carbocycles. The van der Waals surface area contributed by atoms with Gasteiger partial charge >= 0.3 is 0 Å². The molecule has 0 aromatic heterocycles. The molecular weight excluding hydrogens is 551 g/mol. The Kier molecular flexibility index (Phi) is 16.3. The summed E-state index contributed by atoms with van der Waals surface area (Å²) in [5, 5.41) is 0. The number of sulfonamides is 1. The van der Waals surface area contributed by atoms with Crippen molar-refractivity contribution in [2.75, 3.05) is 81.7 Å². The van der Waals surface area contributed by atoms with Crippen molar-refractivity contribution in [3.8, 4) is 5.75 Å². The first kappa shape index (κ1) is 36.9. The normalized spacial score (nSPS) is 17.4. The molecule has 1 fully saturated rings. The van der Waals surface area contributed by atoms with E-state index in [0.29, 0.717) is 28.8 Å². The van der Waals surface area contributed by atoms with Gasteiger partial charge in [-0.2, -0.15) is 4.31 Å². The van der Waals surface area contributed by atoms with Crippen LogP contribution in [0.1, 0.15) is 30.4 Å². The fraction of sp³-hybridized carbons (Fsp3) is 0.731. The molecule has 0 saturated heterocycles. The van der Waals surface area contributed by atoms with Crippen LogP contribution in [0.2, 0.25) is 0 Å². The molecule has 9 nitrogen and oxygen atoms in total. The quantitative estimate of drug-likeness (QED) is 0.304. The molecule has 38 heavy (non-hydrogen) atoms. The number of halogens is 2. The van der Waals surface area contributed by atoms with Crippen molar-refractivity contribution in [3.05, 3.63) is 23.3 Å². The van der Waals surface area contributed by atoms with Crippen LogP contribution in [0.4, 0.5) is 0 Å². The maximum Gasteiger partial charge on any atom is 0.248 e. The maximum atomic E-state index is 13.1. The summed E-state index contributed by atoms with van der Waals surface area (Å²) in [5.74, 6) is 1.05. The Hall–Kier alpha value is -1.14. The third-order valence-corrected chi connectivity index (χ3v) is 9.27. The third-order valence-electron chi connectivity index (χ3n) is 7.11. The summed E-state index contributed by atoms with van der Waals surface area (Å²) in [4.78, 5) is 19.2.